The average molecular weight is 439 g/mol. The lowest BCUT2D eigenvalue weighted by molar-refractivity contribution is -0.0809. The topological polar surface area (TPSA) is 87.5 Å². The van der Waals surface area contributed by atoms with E-state index in [1.165, 1.54) is 6.33 Å². The van der Waals surface area contributed by atoms with Crippen LogP contribution in [0.2, 0.25) is 0 Å². The molecular weight excluding hydrogens is 408 g/mol. The molecule has 8 heteroatoms. The summed E-state index contributed by atoms with van der Waals surface area (Å²) in [6, 6.07) is 17.9. The predicted molar refractivity (Wildman–Crippen MR) is 121 cm³/mol. The minimum Gasteiger partial charge on any atom is -0.465 e. The standard InChI is InChI=1S/C24H30N4O4/c1-5-30-17-26-23(29)32-21(24(2,3)4)22(28-16-25-15-27-28)31-20-13-11-19(12-14-20)18-9-7-6-8-10-18/h6-16,21-22H,5,17H2,1-4H3,(H,26,29). The number of carbonyl (C=O) groups is 1. The molecule has 0 aliphatic heterocycles. The van der Waals surface area contributed by atoms with Crippen LogP contribution in [0, 0.1) is 5.41 Å². The zero-order valence-corrected chi connectivity index (χ0v) is 18.9. The van der Waals surface area contributed by atoms with Gasteiger partial charge in [-0.1, -0.05) is 63.2 Å². The largest absolute Gasteiger partial charge is 0.465 e. The van der Waals surface area contributed by atoms with E-state index >= 15 is 0 Å². The maximum absolute atomic E-state index is 12.4. The average Bonchev–Trinajstić information content (AvgIpc) is 3.31. The number of rotatable bonds is 9. The van der Waals surface area contributed by atoms with Crippen LogP contribution in [0.1, 0.15) is 33.9 Å². The summed E-state index contributed by atoms with van der Waals surface area (Å²) in [6.07, 6.45) is 0.983. The fourth-order valence-corrected chi connectivity index (χ4v) is 3.13. The summed E-state index contributed by atoms with van der Waals surface area (Å²) >= 11 is 0. The molecule has 0 saturated heterocycles. The molecule has 0 radical (unpaired) electrons. The van der Waals surface area contributed by atoms with Crippen LogP contribution in [0.15, 0.2) is 67.3 Å². The van der Waals surface area contributed by atoms with Gasteiger partial charge < -0.3 is 14.2 Å². The van der Waals surface area contributed by atoms with E-state index in [0.717, 1.165) is 11.1 Å². The molecular formula is C24H30N4O4. The van der Waals surface area contributed by atoms with Crippen molar-refractivity contribution in [1.29, 1.82) is 0 Å². The van der Waals surface area contributed by atoms with Crippen LogP contribution in [0.3, 0.4) is 0 Å². The van der Waals surface area contributed by atoms with E-state index in [9.17, 15) is 4.79 Å². The van der Waals surface area contributed by atoms with Gasteiger partial charge in [-0.15, -0.1) is 0 Å². The van der Waals surface area contributed by atoms with E-state index in [0.29, 0.717) is 12.4 Å². The molecule has 0 fully saturated rings. The zero-order valence-electron chi connectivity index (χ0n) is 18.9. The highest BCUT2D eigenvalue weighted by Crippen LogP contribution is 2.33. The van der Waals surface area contributed by atoms with Gasteiger partial charge in [-0.25, -0.2) is 14.5 Å². The molecule has 2 aromatic carbocycles. The number of aromatic nitrogens is 3. The second-order valence-corrected chi connectivity index (χ2v) is 8.28. The summed E-state index contributed by atoms with van der Waals surface area (Å²) in [5.74, 6) is 0.623. The number of amides is 1. The number of ether oxygens (including phenoxy) is 3. The summed E-state index contributed by atoms with van der Waals surface area (Å²) in [5.41, 5.74) is 1.74. The Labute approximate surface area is 188 Å². The lowest BCUT2D eigenvalue weighted by Crippen LogP contribution is -2.44. The number of hydrogen-bond acceptors (Lipinski definition) is 6. The van der Waals surface area contributed by atoms with Gasteiger partial charge in [-0.3, -0.25) is 5.32 Å². The van der Waals surface area contributed by atoms with Crippen molar-refractivity contribution in [2.45, 2.75) is 40.0 Å². The second kappa shape index (κ2) is 10.8. The van der Waals surface area contributed by atoms with Crippen LogP contribution in [-0.2, 0) is 9.47 Å². The molecule has 0 spiro atoms. The van der Waals surface area contributed by atoms with Gasteiger partial charge in [-0.2, -0.15) is 5.10 Å². The fourth-order valence-electron chi connectivity index (χ4n) is 3.13. The first kappa shape index (κ1) is 23.3. The number of benzene rings is 2. The number of nitrogens with one attached hydrogen (secondary N) is 1. The minimum absolute atomic E-state index is 0.0714. The van der Waals surface area contributed by atoms with E-state index in [2.05, 4.69) is 27.5 Å². The quantitative estimate of drug-likeness (QED) is 0.386. The summed E-state index contributed by atoms with van der Waals surface area (Å²) < 4.78 is 18.8. The molecule has 1 N–H and O–H groups in total. The first-order valence-corrected chi connectivity index (χ1v) is 10.6. The van der Waals surface area contributed by atoms with Crippen molar-refractivity contribution < 1.29 is 19.0 Å². The van der Waals surface area contributed by atoms with Crippen LogP contribution in [0.25, 0.3) is 11.1 Å². The first-order chi connectivity index (χ1) is 15.4. The molecule has 1 amide bonds. The summed E-state index contributed by atoms with van der Waals surface area (Å²) in [6.45, 7) is 8.33. The number of nitrogens with zero attached hydrogens (tertiary/aromatic N) is 3. The van der Waals surface area contributed by atoms with E-state index in [4.69, 9.17) is 14.2 Å². The highest BCUT2D eigenvalue weighted by molar-refractivity contribution is 5.67. The molecule has 8 nitrogen and oxygen atoms in total. The van der Waals surface area contributed by atoms with Crippen LogP contribution in [0.4, 0.5) is 4.79 Å². The van der Waals surface area contributed by atoms with Gasteiger partial charge in [0.1, 0.15) is 25.1 Å². The van der Waals surface area contributed by atoms with Gasteiger partial charge in [-0.05, 0) is 30.2 Å². The highest BCUT2D eigenvalue weighted by Gasteiger charge is 2.39. The Morgan fingerprint density at radius 2 is 1.75 bits per heavy atom. The molecule has 3 aromatic rings. The molecule has 2 unspecified atom stereocenters. The molecule has 2 atom stereocenters. The molecule has 32 heavy (non-hydrogen) atoms. The second-order valence-electron chi connectivity index (χ2n) is 8.28. The molecule has 1 aromatic heterocycles. The van der Waals surface area contributed by atoms with Gasteiger partial charge >= 0.3 is 6.09 Å². The van der Waals surface area contributed by atoms with Gasteiger partial charge in [0.25, 0.3) is 0 Å². The van der Waals surface area contributed by atoms with Gasteiger partial charge in [0.05, 0.1) is 0 Å². The smallest absolute Gasteiger partial charge is 0.409 e. The Kier molecular flexibility index (Phi) is 7.83. The third-order valence-electron chi connectivity index (χ3n) is 4.78. The maximum atomic E-state index is 12.4. The van der Waals surface area contributed by atoms with Crippen molar-refractivity contribution in [2.75, 3.05) is 13.3 Å². The van der Waals surface area contributed by atoms with E-state index in [1.807, 2.05) is 70.2 Å². The zero-order chi connectivity index (χ0) is 23.0. The normalized spacial score (nSPS) is 13.2. The maximum Gasteiger partial charge on any atom is 0.409 e. The van der Waals surface area contributed by atoms with Crippen molar-refractivity contribution in [3.63, 3.8) is 0 Å². The van der Waals surface area contributed by atoms with Crippen molar-refractivity contribution in [3.05, 3.63) is 67.3 Å². The Morgan fingerprint density at radius 3 is 2.34 bits per heavy atom. The van der Waals surface area contributed by atoms with Crippen LogP contribution in [0.5, 0.6) is 5.75 Å². The van der Waals surface area contributed by atoms with Gasteiger partial charge in [0.15, 0.2) is 6.10 Å². The summed E-state index contributed by atoms with van der Waals surface area (Å²) in [4.78, 5) is 16.4. The summed E-state index contributed by atoms with van der Waals surface area (Å²) in [7, 11) is 0. The third-order valence-corrected chi connectivity index (χ3v) is 4.78. The van der Waals surface area contributed by atoms with E-state index in [1.54, 1.807) is 11.0 Å². The Morgan fingerprint density at radius 1 is 1.06 bits per heavy atom. The fraction of sp³-hybridized carbons (Fsp3) is 0.375. The molecule has 1 heterocycles. The molecule has 3 rings (SSSR count). The monoisotopic (exact) mass is 438 g/mol. The molecule has 0 aliphatic carbocycles. The SMILES string of the molecule is CCOCNC(=O)OC(C(Oc1ccc(-c2ccccc2)cc1)n1cncn1)C(C)(C)C. The van der Waals surface area contributed by atoms with Gasteiger partial charge in [0.2, 0.25) is 6.23 Å². The van der Waals surface area contributed by atoms with Crippen molar-refractivity contribution in [2.24, 2.45) is 5.41 Å². The van der Waals surface area contributed by atoms with Crippen LogP contribution >= 0.6 is 0 Å². The first-order valence-electron chi connectivity index (χ1n) is 10.6. The minimum atomic E-state index is -0.724. The molecule has 0 saturated carbocycles. The Balaban J connectivity index is 1.82. The lowest BCUT2D eigenvalue weighted by atomic mass is 9.87. The third kappa shape index (κ3) is 6.31. The Hall–Kier alpha value is -3.39. The molecule has 170 valence electrons. The van der Waals surface area contributed by atoms with E-state index < -0.39 is 23.8 Å². The van der Waals surface area contributed by atoms with E-state index in [-0.39, 0.29) is 6.73 Å². The lowest BCUT2D eigenvalue weighted by Gasteiger charge is -2.35. The highest BCUT2D eigenvalue weighted by atomic mass is 16.6. The number of carbonyl (C=O) groups excluding carboxylic acids is 1. The predicted octanol–water partition coefficient (Wildman–Crippen LogP) is 4.66. The molecule has 0 bridgehead atoms. The summed E-state index contributed by atoms with van der Waals surface area (Å²) in [5, 5.41) is 6.83. The number of alkyl carbamates (subject to hydrolysis) is 1. The van der Waals surface area contributed by atoms with Crippen LogP contribution < -0.4 is 10.1 Å². The van der Waals surface area contributed by atoms with Crippen molar-refractivity contribution in [3.8, 4) is 16.9 Å². The molecule has 0 aliphatic rings. The van der Waals surface area contributed by atoms with Crippen molar-refractivity contribution >= 4 is 6.09 Å². The Bertz CT molecular complexity index is 954. The van der Waals surface area contributed by atoms with Crippen molar-refractivity contribution in [1.82, 2.24) is 20.1 Å². The van der Waals surface area contributed by atoms with Crippen LogP contribution in [-0.4, -0.2) is 40.3 Å². The number of hydrogen-bond donors (Lipinski definition) is 1. The van der Waals surface area contributed by atoms with Gasteiger partial charge in [0, 0.05) is 12.0 Å².